The van der Waals surface area contributed by atoms with Crippen LogP contribution >= 0.6 is 34.4 Å². The zero-order valence-corrected chi connectivity index (χ0v) is 16.1. The Morgan fingerprint density at radius 2 is 2.28 bits per heavy atom. The van der Waals surface area contributed by atoms with Gasteiger partial charge in [0.1, 0.15) is 30.7 Å². The van der Waals surface area contributed by atoms with Gasteiger partial charge in [0, 0.05) is 11.9 Å². The van der Waals surface area contributed by atoms with E-state index < -0.39 is 42.3 Å². The topological polar surface area (TPSA) is 157 Å². The van der Waals surface area contributed by atoms with Crippen LogP contribution in [0.3, 0.4) is 0 Å². The fourth-order valence-electron chi connectivity index (χ4n) is 2.42. The molecule has 1 aromatic heterocycles. The lowest BCUT2D eigenvalue weighted by Crippen LogP contribution is -2.56. The van der Waals surface area contributed by atoms with Crippen molar-refractivity contribution in [2.45, 2.75) is 24.0 Å². The number of thioether (sulfide) groups is 1. The van der Waals surface area contributed by atoms with Crippen LogP contribution in [0.25, 0.3) is 0 Å². The number of hydrogen-bond donors (Lipinski definition) is 4. The molecule has 0 unspecified atom stereocenters. The first-order valence-electron chi connectivity index (χ1n) is 7.15. The van der Waals surface area contributed by atoms with E-state index in [0.29, 0.717) is 9.32 Å². The van der Waals surface area contributed by atoms with Crippen LogP contribution in [-0.2, 0) is 20.0 Å². The van der Waals surface area contributed by atoms with Gasteiger partial charge in [-0.1, -0.05) is 0 Å². The molecule has 0 amide bonds. The number of aromatic nitrogens is 2. The summed E-state index contributed by atoms with van der Waals surface area (Å²) in [5, 5.41) is 29.9. The van der Waals surface area contributed by atoms with Gasteiger partial charge in [-0.3, -0.25) is 4.57 Å². The molecule has 4 atom stereocenters. The molecule has 1 aliphatic heterocycles. The molecule has 1 saturated heterocycles. The van der Waals surface area contributed by atoms with Gasteiger partial charge in [0.2, 0.25) is 0 Å². The predicted octanol–water partition coefficient (Wildman–Crippen LogP) is -1.90. The molecule has 1 aliphatic rings. The summed E-state index contributed by atoms with van der Waals surface area (Å²) in [6.45, 7) is -0.668. The van der Waals surface area contributed by atoms with Crippen LogP contribution in [0.4, 0.5) is 5.82 Å². The average Bonchev–Trinajstić information content (AvgIpc) is 2.84. The van der Waals surface area contributed by atoms with Gasteiger partial charge in [-0.05, 0) is 28.8 Å². The summed E-state index contributed by atoms with van der Waals surface area (Å²) in [5.74, 6) is -0.649. The van der Waals surface area contributed by atoms with Crippen LogP contribution in [-0.4, -0.2) is 74.4 Å². The largest absolute Gasteiger partial charge is 0.461 e. The first kappa shape index (κ1) is 20.4. The van der Waals surface area contributed by atoms with Gasteiger partial charge in [-0.2, -0.15) is 16.7 Å². The minimum absolute atomic E-state index is 0.00591. The van der Waals surface area contributed by atoms with Gasteiger partial charge in [0.25, 0.3) is 5.72 Å². The van der Waals surface area contributed by atoms with Crippen molar-refractivity contribution in [1.82, 2.24) is 9.55 Å². The summed E-state index contributed by atoms with van der Waals surface area (Å²) >= 11 is 3.22. The van der Waals surface area contributed by atoms with Crippen LogP contribution in [0, 0.1) is 3.57 Å². The number of ether oxygens (including phenoxy) is 2. The van der Waals surface area contributed by atoms with Crippen LogP contribution in [0.2, 0.25) is 0 Å². The third-order valence-electron chi connectivity index (χ3n) is 3.70. The van der Waals surface area contributed by atoms with Gasteiger partial charge in [0.15, 0.2) is 0 Å². The number of hydrogen-bond acceptors (Lipinski definition) is 10. The van der Waals surface area contributed by atoms with Crippen molar-refractivity contribution in [3.8, 4) is 0 Å². The summed E-state index contributed by atoms with van der Waals surface area (Å²) in [5.41, 5.74) is 2.24. The summed E-state index contributed by atoms with van der Waals surface area (Å²) in [7, 11) is 0. The van der Waals surface area contributed by atoms with Gasteiger partial charge in [-0.15, -0.1) is 0 Å². The number of nitrogens with zero attached hydrogens (tertiary/aromatic N) is 2. The second-order valence-corrected chi connectivity index (χ2v) is 7.37. The van der Waals surface area contributed by atoms with E-state index in [4.69, 9.17) is 15.2 Å². The molecule has 0 bridgehead atoms. The molecule has 1 fully saturated rings. The molecule has 2 heterocycles. The molecule has 0 radical (unpaired) electrons. The van der Waals surface area contributed by atoms with Crippen LogP contribution in [0.5, 0.6) is 0 Å². The highest BCUT2D eigenvalue weighted by Crippen LogP contribution is 2.36. The fourth-order valence-corrected chi connectivity index (χ4v) is 3.07. The normalized spacial score (nSPS) is 28.9. The zero-order valence-electron chi connectivity index (χ0n) is 13.2. The van der Waals surface area contributed by atoms with Crippen molar-refractivity contribution in [1.29, 1.82) is 0 Å². The summed E-state index contributed by atoms with van der Waals surface area (Å²) in [4.78, 5) is 28.5. The Morgan fingerprint density at radius 3 is 2.84 bits per heavy atom. The lowest BCUT2D eigenvalue weighted by atomic mass is 10.0. The van der Waals surface area contributed by atoms with Crippen molar-refractivity contribution >= 4 is 46.1 Å². The minimum Gasteiger partial charge on any atom is -0.461 e. The predicted molar refractivity (Wildman–Crippen MR) is 96.9 cm³/mol. The number of aliphatic hydroxyl groups excluding tert-OH is 3. The fraction of sp³-hybridized carbons (Fsp3) is 0.615. The molecule has 140 valence electrons. The third-order valence-corrected chi connectivity index (χ3v) is 5.10. The van der Waals surface area contributed by atoms with E-state index in [1.165, 1.54) is 18.0 Å². The molecule has 12 heteroatoms. The number of rotatable bonds is 6. The van der Waals surface area contributed by atoms with Gasteiger partial charge in [-0.25, -0.2) is 9.59 Å². The van der Waals surface area contributed by atoms with E-state index in [9.17, 15) is 24.9 Å². The van der Waals surface area contributed by atoms with Crippen molar-refractivity contribution in [3.63, 3.8) is 0 Å². The van der Waals surface area contributed by atoms with E-state index in [1.54, 1.807) is 22.6 Å². The molecule has 25 heavy (non-hydrogen) atoms. The second-order valence-electron chi connectivity index (χ2n) is 5.23. The summed E-state index contributed by atoms with van der Waals surface area (Å²) in [6, 6.07) is 0. The van der Waals surface area contributed by atoms with Gasteiger partial charge in [0.05, 0.1) is 10.2 Å². The standard InChI is InChI=1S/C13H18IN3O7S/c1-25-3-2-23-11(21)13(9(20)8(19)7(5-18)24-13)17-4-6(14)10(15)16-12(17)22/h4,7-9,18-20H,2-3,5H2,1H3,(H2,15,16,22)/t7-,8-,9-,13+/m1/s1. The number of anilines is 1. The van der Waals surface area contributed by atoms with Gasteiger partial charge >= 0.3 is 11.7 Å². The van der Waals surface area contributed by atoms with E-state index in [1.807, 2.05) is 6.26 Å². The molecule has 10 nitrogen and oxygen atoms in total. The first-order chi connectivity index (χ1) is 11.8. The number of esters is 1. The molecular weight excluding hydrogens is 469 g/mol. The van der Waals surface area contributed by atoms with Crippen LogP contribution in [0.15, 0.2) is 11.0 Å². The maximum atomic E-state index is 12.7. The number of halogens is 1. The highest BCUT2D eigenvalue weighted by atomic mass is 127. The number of nitrogen functional groups attached to an aromatic ring is 1. The maximum Gasteiger partial charge on any atom is 0.363 e. The van der Waals surface area contributed by atoms with E-state index in [0.717, 1.165) is 4.57 Å². The number of nitrogens with two attached hydrogens (primary N) is 1. The number of carbonyl (C=O) groups is 1. The monoisotopic (exact) mass is 487 g/mol. The van der Waals surface area contributed by atoms with Crippen molar-refractivity contribution in [2.75, 3.05) is 31.0 Å². The highest BCUT2D eigenvalue weighted by Gasteiger charge is 2.62. The molecule has 0 spiro atoms. The quantitative estimate of drug-likeness (QED) is 0.203. The average molecular weight is 487 g/mol. The lowest BCUT2D eigenvalue weighted by molar-refractivity contribution is -0.201. The third kappa shape index (κ3) is 3.64. The van der Waals surface area contributed by atoms with Gasteiger partial charge < -0.3 is 30.5 Å². The molecule has 2 rings (SSSR count). The Kier molecular flexibility index (Phi) is 6.67. The highest BCUT2D eigenvalue weighted by molar-refractivity contribution is 14.1. The Bertz CT molecular complexity index is 703. The summed E-state index contributed by atoms with van der Waals surface area (Å²) < 4.78 is 11.6. The van der Waals surface area contributed by atoms with Crippen molar-refractivity contribution in [2.24, 2.45) is 0 Å². The van der Waals surface area contributed by atoms with E-state index in [-0.39, 0.29) is 12.4 Å². The zero-order chi connectivity index (χ0) is 18.8. The van der Waals surface area contributed by atoms with E-state index >= 15 is 0 Å². The number of aliphatic hydroxyl groups is 3. The molecule has 0 aromatic carbocycles. The van der Waals surface area contributed by atoms with Crippen LogP contribution in [0.1, 0.15) is 0 Å². The Labute approximate surface area is 160 Å². The minimum atomic E-state index is -2.37. The Morgan fingerprint density at radius 1 is 1.60 bits per heavy atom. The summed E-state index contributed by atoms with van der Waals surface area (Å²) in [6.07, 6.45) is -1.76. The lowest BCUT2D eigenvalue weighted by Gasteiger charge is -2.31. The molecular formula is C13H18IN3O7S. The SMILES string of the molecule is CSCCOC(=O)[C@@]1(n2cc(I)c(N)nc2=O)O[C@H](CO)[C@@H](O)[C@H]1O. The molecule has 5 N–H and O–H groups in total. The Hall–Kier alpha value is -0.930. The van der Waals surface area contributed by atoms with Crippen molar-refractivity contribution in [3.05, 3.63) is 20.3 Å². The first-order valence-corrected chi connectivity index (χ1v) is 9.63. The molecule has 1 aromatic rings. The molecule has 0 saturated carbocycles. The second kappa shape index (κ2) is 8.18. The molecule has 0 aliphatic carbocycles. The van der Waals surface area contributed by atoms with Crippen molar-refractivity contribution < 1.29 is 29.6 Å². The van der Waals surface area contributed by atoms with E-state index in [2.05, 4.69) is 4.98 Å². The van der Waals surface area contributed by atoms with Crippen LogP contribution < -0.4 is 11.4 Å². The maximum absolute atomic E-state index is 12.7. The Balaban J connectivity index is 2.56. The smallest absolute Gasteiger partial charge is 0.363 e. The number of carbonyl (C=O) groups excluding carboxylic acids is 1.